The van der Waals surface area contributed by atoms with E-state index < -0.39 is 0 Å². The fourth-order valence-electron chi connectivity index (χ4n) is 2.39. The van der Waals surface area contributed by atoms with Gasteiger partial charge in [-0.1, -0.05) is 6.92 Å². The smallest absolute Gasteiger partial charge is 0.137 e. The standard InChI is InChI=1S/C9H15NO/c1-2-10-5-7-3-4-9(11)8(7)6-10/h7-8H,2-6H2,1H3. The van der Waals surface area contributed by atoms with Crippen molar-refractivity contribution in [2.45, 2.75) is 19.8 Å². The lowest BCUT2D eigenvalue weighted by Crippen LogP contribution is -2.22. The van der Waals surface area contributed by atoms with Crippen LogP contribution in [0, 0.1) is 11.8 Å². The van der Waals surface area contributed by atoms with E-state index in [-0.39, 0.29) is 0 Å². The molecule has 2 heteroatoms. The van der Waals surface area contributed by atoms with Crippen LogP contribution in [-0.4, -0.2) is 30.3 Å². The Labute approximate surface area is 67.6 Å². The Hall–Kier alpha value is -0.370. The quantitative estimate of drug-likeness (QED) is 0.558. The predicted octanol–water partition coefficient (Wildman–Crippen LogP) is 0.917. The number of rotatable bonds is 1. The van der Waals surface area contributed by atoms with Gasteiger partial charge in [-0.05, 0) is 18.9 Å². The number of carbonyl (C=O) groups excluding carboxylic acids is 1. The molecule has 0 aromatic carbocycles. The highest BCUT2D eigenvalue weighted by molar-refractivity contribution is 5.84. The molecule has 1 aliphatic heterocycles. The van der Waals surface area contributed by atoms with Crippen molar-refractivity contribution >= 4 is 5.78 Å². The van der Waals surface area contributed by atoms with Crippen LogP contribution in [0.3, 0.4) is 0 Å². The van der Waals surface area contributed by atoms with Gasteiger partial charge < -0.3 is 4.90 Å². The zero-order valence-corrected chi connectivity index (χ0v) is 7.05. The number of nitrogens with zero attached hydrogens (tertiary/aromatic N) is 1. The van der Waals surface area contributed by atoms with Crippen molar-refractivity contribution in [2.75, 3.05) is 19.6 Å². The van der Waals surface area contributed by atoms with E-state index in [0.29, 0.717) is 17.6 Å². The van der Waals surface area contributed by atoms with Gasteiger partial charge in [0.05, 0.1) is 0 Å². The third-order valence-corrected chi connectivity index (χ3v) is 3.14. The second kappa shape index (κ2) is 2.59. The van der Waals surface area contributed by atoms with Gasteiger partial charge in [0.25, 0.3) is 0 Å². The summed E-state index contributed by atoms with van der Waals surface area (Å²) in [6.45, 7) is 5.50. The van der Waals surface area contributed by atoms with E-state index in [1.54, 1.807) is 0 Å². The first-order valence-electron chi connectivity index (χ1n) is 4.56. The lowest BCUT2D eigenvalue weighted by atomic mass is 10.0. The van der Waals surface area contributed by atoms with Crippen LogP contribution in [-0.2, 0) is 4.79 Å². The molecule has 62 valence electrons. The average Bonchev–Trinajstić information content (AvgIpc) is 2.53. The summed E-state index contributed by atoms with van der Waals surface area (Å²) in [6.07, 6.45) is 2.01. The molecule has 2 aliphatic rings. The van der Waals surface area contributed by atoms with Crippen molar-refractivity contribution in [3.05, 3.63) is 0 Å². The summed E-state index contributed by atoms with van der Waals surface area (Å²) >= 11 is 0. The summed E-state index contributed by atoms with van der Waals surface area (Å²) in [5, 5.41) is 0. The highest BCUT2D eigenvalue weighted by atomic mass is 16.1. The van der Waals surface area contributed by atoms with E-state index in [1.165, 1.54) is 6.54 Å². The molecule has 11 heavy (non-hydrogen) atoms. The van der Waals surface area contributed by atoms with Crippen molar-refractivity contribution in [3.8, 4) is 0 Å². The maximum absolute atomic E-state index is 11.3. The summed E-state index contributed by atoms with van der Waals surface area (Å²) in [6, 6.07) is 0. The molecule has 1 heterocycles. The van der Waals surface area contributed by atoms with Gasteiger partial charge in [0, 0.05) is 25.4 Å². The summed E-state index contributed by atoms with van der Waals surface area (Å²) in [5.74, 6) is 1.64. The first-order chi connectivity index (χ1) is 5.31. The first-order valence-corrected chi connectivity index (χ1v) is 4.56. The zero-order chi connectivity index (χ0) is 7.84. The predicted molar refractivity (Wildman–Crippen MR) is 43.3 cm³/mol. The Morgan fingerprint density at radius 1 is 1.55 bits per heavy atom. The van der Waals surface area contributed by atoms with E-state index in [1.807, 2.05) is 0 Å². The normalized spacial score (nSPS) is 38.1. The molecule has 0 radical (unpaired) electrons. The van der Waals surface area contributed by atoms with Crippen molar-refractivity contribution in [1.29, 1.82) is 0 Å². The van der Waals surface area contributed by atoms with E-state index in [4.69, 9.17) is 0 Å². The van der Waals surface area contributed by atoms with Gasteiger partial charge in [-0.3, -0.25) is 4.79 Å². The molecule has 1 aliphatic carbocycles. The molecule has 0 amide bonds. The van der Waals surface area contributed by atoms with Crippen molar-refractivity contribution < 1.29 is 4.79 Å². The van der Waals surface area contributed by atoms with Crippen LogP contribution in [0.2, 0.25) is 0 Å². The molecule has 2 atom stereocenters. The molecule has 2 fully saturated rings. The van der Waals surface area contributed by atoms with Crippen LogP contribution < -0.4 is 0 Å². The number of hydrogen-bond donors (Lipinski definition) is 0. The zero-order valence-electron chi connectivity index (χ0n) is 7.05. The molecule has 2 unspecified atom stereocenters. The van der Waals surface area contributed by atoms with Gasteiger partial charge in [-0.25, -0.2) is 0 Å². The van der Waals surface area contributed by atoms with Gasteiger partial charge in [0.1, 0.15) is 5.78 Å². The van der Waals surface area contributed by atoms with Gasteiger partial charge >= 0.3 is 0 Å². The van der Waals surface area contributed by atoms with Crippen molar-refractivity contribution in [1.82, 2.24) is 4.90 Å². The Balaban J connectivity index is 2.04. The number of likely N-dealkylation sites (tertiary alicyclic amines) is 1. The molecule has 0 spiro atoms. The largest absolute Gasteiger partial charge is 0.303 e. The maximum Gasteiger partial charge on any atom is 0.137 e. The summed E-state index contributed by atoms with van der Waals surface area (Å²) in [7, 11) is 0. The third kappa shape index (κ3) is 1.09. The third-order valence-electron chi connectivity index (χ3n) is 3.14. The van der Waals surface area contributed by atoms with Gasteiger partial charge in [0.15, 0.2) is 0 Å². The van der Waals surface area contributed by atoms with E-state index in [2.05, 4.69) is 11.8 Å². The second-order valence-corrected chi connectivity index (χ2v) is 3.72. The van der Waals surface area contributed by atoms with E-state index >= 15 is 0 Å². The number of hydrogen-bond acceptors (Lipinski definition) is 2. The lowest BCUT2D eigenvalue weighted by molar-refractivity contribution is -0.120. The van der Waals surface area contributed by atoms with Gasteiger partial charge in [-0.2, -0.15) is 0 Å². The Morgan fingerprint density at radius 3 is 3.00 bits per heavy atom. The number of carbonyl (C=O) groups is 1. The minimum atomic E-state index is 0.412. The Bertz CT molecular complexity index is 178. The first kappa shape index (κ1) is 7.29. The molecule has 1 saturated heterocycles. The molecular formula is C9H15NO. The fraction of sp³-hybridized carbons (Fsp3) is 0.889. The maximum atomic E-state index is 11.3. The summed E-state index contributed by atoms with van der Waals surface area (Å²) < 4.78 is 0. The average molecular weight is 153 g/mol. The number of ketones is 1. The van der Waals surface area contributed by atoms with Crippen LogP contribution in [0.15, 0.2) is 0 Å². The lowest BCUT2D eigenvalue weighted by Gasteiger charge is -2.12. The molecule has 2 rings (SSSR count). The summed E-state index contributed by atoms with van der Waals surface area (Å²) in [5.41, 5.74) is 0. The topological polar surface area (TPSA) is 20.3 Å². The highest BCUT2D eigenvalue weighted by Crippen LogP contribution is 2.34. The molecule has 2 nitrogen and oxygen atoms in total. The minimum Gasteiger partial charge on any atom is -0.303 e. The van der Waals surface area contributed by atoms with Gasteiger partial charge in [-0.15, -0.1) is 0 Å². The monoisotopic (exact) mass is 153 g/mol. The SMILES string of the molecule is CCN1CC2CCC(=O)C2C1. The Morgan fingerprint density at radius 2 is 2.36 bits per heavy atom. The summed E-state index contributed by atoms with van der Waals surface area (Å²) in [4.78, 5) is 13.7. The van der Waals surface area contributed by atoms with Crippen LogP contribution in [0.4, 0.5) is 0 Å². The van der Waals surface area contributed by atoms with Crippen molar-refractivity contribution in [3.63, 3.8) is 0 Å². The van der Waals surface area contributed by atoms with Crippen LogP contribution >= 0.6 is 0 Å². The van der Waals surface area contributed by atoms with Crippen LogP contribution in [0.1, 0.15) is 19.8 Å². The van der Waals surface area contributed by atoms with E-state index in [0.717, 1.165) is 25.9 Å². The molecule has 0 N–H and O–H groups in total. The molecule has 0 bridgehead atoms. The fourth-order valence-corrected chi connectivity index (χ4v) is 2.39. The molecule has 1 saturated carbocycles. The van der Waals surface area contributed by atoms with Crippen LogP contribution in [0.5, 0.6) is 0 Å². The highest BCUT2D eigenvalue weighted by Gasteiger charge is 2.40. The minimum absolute atomic E-state index is 0.412. The van der Waals surface area contributed by atoms with Crippen LogP contribution in [0.25, 0.3) is 0 Å². The van der Waals surface area contributed by atoms with Gasteiger partial charge in [0.2, 0.25) is 0 Å². The molecular weight excluding hydrogens is 138 g/mol. The van der Waals surface area contributed by atoms with Crippen molar-refractivity contribution in [2.24, 2.45) is 11.8 Å². The molecule has 0 aromatic rings. The number of Topliss-reactive ketones (excluding diaryl/α,β-unsaturated/α-hetero) is 1. The molecule has 0 aromatic heterocycles. The van der Waals surface area contributed by atoms with E-state index in [9.17, 15) is 4.79 Å². The second-order valence-electron chi connectivity index (χ2n) is 3.72. The Kier molecular flexibility index (Phi) is 1.72. The number of fused-ring (bicyclic) bond motifs is 1.